The molecule has 28 heavy (non-hydrogen) atoms. The zero-order chi connectivity index (χ0) is 20.5. The third-order valence-corrected chi connectivity index (χ3v) is 4.75. The fourth-order valence-electron chi connectivity index (χ4n) is 3.81. The Balaban J connectivity index is 1.94. The van der Waals surface area contributed by atoms with Gasteiger partial charge in [-0.1, -0.05) is 12.1 Å². The first-order chi connectivity index (χ1) is 13.0. The molecule has 4 rings (SSSR count). The van der Waals surface area contributed by atoms with Gasteiger partial charge in [0.2, 0.25) is 17.2 Å². The van der Waals surface area contributed by atoms with Gasteiger partial charge in [0.05, 0.1) is 5.56 Å². The van der Waals surface area contributed by atoms with Crippen LogP contribution in [-0.2, 0) is 16.1 Å². The molecular formula is C18H13F3N2O5. The SMILES string of the molecule is CC(=O)N[C@@]12C(=O)c3c(N)cccc3[C@]1(O)Oc1cc(OC(F)(F)F)ccc12. The molecule has 4 N–H and O–H groups in total. The maximum atomic E-state index is 13.3. The van der Waals surface area contributed by atoms with E-state index in [2.05, 4.69) is 10.1 Å². The summed E-state index contributed by atoms with van der Waals surface area (Å²) in [6.45, 7) is 1.13. The Morgan fingerprint density at radius 3 is 2.61 bits per heavy atom. The smallest absolute Gasteiger partial charge is 0.454 e. The van der Waals surface area contributed by atoms with Gasteiger partial charge in [-0.05, 0) is 18.2 Å². The molecule has 0 bridgehead atoms. The number of hydrogen-bond donors (Lipinski definition) is 3. The highest BCUT2D eigenvalue weighted by atomic mass is 19.4. The second kappa shape index (κ2) is 5.38. The molecule has 10 heteroatoms. The first-order valence-electron chi connectivity index (χ1n) is 8.04. The van der Waals surface area contributed by atoms with Crippen LogP contribution in [0.2, 0.25) is 0 Å². The number of alkyl halides is 3. The van der Waals surface area contributed by atoms with E-state index in [-0.39, 0.29) is 28.1 Å². The van der Waals surface area contributed by atoms with Crippen molar-refractivity contribution >= 4 is 17.4 Å². The molecule has 7 nitrogen and oxygen atoms in total. The van der Waals surface area contributed by atoms with Crippen LogP contribution in [0.5, 0.6) is 11.5 Å². The van der Waals surface area contributed by atoms with Crippen LogP contribution in [0.25, 0.3) is 0 Å². The largest absolute Gasteiger partial charge is 0.573 e. The van der Waals surface area contributed by atoms with Crippen LogP contribution < -0.4 is 20.5 Å². The van der Waals surface area contributed by atoms with E-state index in [0.29, 0.717) is 0 Å². The van der Waals surface area contributed by atoms with Gasteiger partial charge < -0.3 is 25.6 Å². The molecule has 0 aromatic heterocycles. The van der Waals surface area contributed by atoms with Crippen LogP contribution in [0.3, 0.4) is 0 Å². The van der Waals surface area contributed by atoms with E-state index in [1.165, 1.54) is 18.2 Å². The predicted molar refractivity (Wildman–Crippen MR) is 88.3 cm³/mol. The number of nitrogens with one attached hydrogen (secondary N) is 1. The van der Waals surface area contributed by atoms with Gasteiger partial charge >= 0.3 is 6.36 Å². The Morgan fingerprint density at radius 1 is 1.25 bits per heavy atom. The number of halogens is 3. The predicted octanol–water partition coefficient (Wildman–Crippen LogP) is 1.93. The summed E-state index contributed by atoms with van der Waals surface area (Å²) in [7, 11) is 0. The normalized spacial score (nSPS) is 24.8. The van der Waals surface area contributed by atoms with Crippen LogP contribution in [-0.4, -0.2) is 23.2 Å². The van der Waals surface area contributed by atoms with Crippen molar-refractivity contribution in [3.8, 4) is 11.5 Å². The number of ether oxygens (including phenoxy) is 2. The van der Waals surface area contributed by atoms with Crippen LogP contribution in [0.4, 0.5) is 18.9 Å². The number of carbonyl (C=O) groups excluding carboxylic acids is 2. The summed E-state index contributed by atoms with van der Waals surface area (Å²) in [5.41, 5.74) is 3.81. The maximum absolute atomic E-state index is 13.3. The van der Waals surface area contributed by atoms with E-state index in [1.807, 2.05) is 0 Å². The average molecular weight is 394 g/mol. The molecule has 0 spiro atoms. The first-order valence-corrected chi connectivity index (χ1v) is 8.04. The Bertz CT molecular complexity index is 1040. The van der Waals surface area contributed by atoms with Crippen LogP contribution in [0.1, 0.15) is 28.4 Å². The van der Waals surface area contributed by atoms with E-state index < -0.39 is 35.1 Å². The molecule has 0 fully saturated rings. The molecule has 1 amide bonds. The molecule has 2 aromatic carbocycles. The standard InChI is InChI=1S/C18H13F3N2O5/c1-8(24)23-16-10-6-5-9(27-18(19,20)21)7-13(10)28-17(16,26)11-3-2-4-12(22)14(11)15(16)25/h2-7,26H,22H2,1H3,(H,23,24)/t16-,17-/m0/s1. The zero-order valence-electron chi connectivity index (χ0n) is 14.3. The summed E-state index contributed by atoms with van der Waals surface area (Å²) in [6.07, 6.45) is -4.94. The Morgan fingerprint density at radius 2 is 1.96 bits per heavy atom. The fourth-order valence-corrected chi connectivity index (χ4v) is 3.81. The van der Waals surface area contributed by atoms with Gasteiger partial charge in [0.15, 0.2) is 0 Å². The van der Waals surface area contributed by atoms with Crippen molar-refractivity contribution in [1.82, 2.24) is 5.32 Å². The molecule has 146 valence electrons. The molecular weight excluding hydrogens is 381 g/mol. The Hall–Kier alpha value is -3.27. The molecule has 2 atom stereocenters. The van der Waals surface area contributed by atoms with Gasteiger partial charge in [0.1, 0.15) is 11.5 Å². The average Bonchev–Trinajstić information content (AvgIpc) is 2.90. The quantitative estimate of drug-likeness (QED) is 0.672. The number of Topliss-reactive ketones (excluding diaryl/α,β-unsaturated/α-hetero) is 1. The van der Waals surface area contributed by atoms with E-state index in [1.54, 1.807) is 0 Å². The summed E-state index contributed by atoms with van der Waals surface area (Å²) in [4.78, 5) is 25.2. The first kappa shape index (κ1) is 18.1. The number of nitrogen functional groups attached to an aromatic ring is 1. The lowest BCUT2D eigenvalue weighted by Crippen LogP contribution is -2.59. The Kier molecular flexibility index (Phi) is 3.48. The minimum atomic E-state index is -4.94. The van der Waals surface area contributed by atoms with Crippen molar-refractivity contribution < 1.29 is 37.3 Å². The maximum Gasteiger partial charge on any atom is 0.573 e. The molecule has 0 saturated carbocycles. The van der Waals surface area contributed by atoms with Crippen molar-refractivity contribution in [3.05, 3.63) is 53.1 Å². The van der Waals surface area contributed by atoms with Crippen LogP contribution in [0, 0.1) is 0 Å². The number of ketones is 1. The lowest BCUT2D eigenvalue weighted by Gasteiger charge is -2.34. The van der Waals surface area contributed by atoms with Gasteiger partial charge in [-0.2, -0.15) is 0 Å². The van der Waals surface area contributed by atoms with Gasteiger partial charge in [-0.15, -0.1) is 13.2 Å². The van der Waals surface area contributed by atoms with E-state index in [9.17, 15) is 27.9 Å². The van der Waals surface area contributed by atoms with Crippen molar-refractivity contribution in [2.75, 3.05) is 5.73 Å². The molecule has 1 heterocycles. The number of hydrogen-bond acceptors (Lipinski definition) is 6. The van der Waals surface area contributed by atoms with Crippen molar-refractivity contribution in [3.63, 3.8) is 0 Å². The highest BCUT2D eigenvalue weighted by molar-refractivity contribution is 6.15. The number of nitrogens with two attached hydrogens (primary N) is 1. The lowest BCUT2D eigenvalue weighted by molar-refractivity contribution is -0.274. The molecule has 1 aliphatic carbocycles. The number of fused-ring (bicyclic) bond motifs is 5. The highest BCUT2D eigenvalue weighted by Gasteiger charge is 2.72. The summed E-state index contributed by atoms with van der Waals surface area (Å²) in [5, 5.41) is 13.8. The monoisotopic (exact) mass is 394 g/mol. The van der Waals surface area contributed by atoms with Gasteiger partial charge in [0.25, 0.3) is 5.79 Å². The van der Waals surface area contributed by atoms with Crippen LogP contribution in [0.15, 0.2) is 36.4 Å². The molecule has 0 unspecified atom stereocenters. The number of benzene rings is 2. The second-order valence-electron chi connectivity index (χ2n) is 6.48. The number of amides is 1. The minimum Gasteiger partial charge on any atom is -0.454 e. The highest BCUT2D eigenvalue weighted by Crippen LogP contribution is 2.59. The van der Waals surface area contributed by atoms with Crippen LogP contribution >= 0.6 is 0 Å². The molecule has 1 aliphatic heterocycles. The van der Waals surface area contributed by atoms with Gasteiger partial charge in [-0.3, -0.25) is 9.59 Å². The zero-order valence-corrected chi connectivity index (χ0v) is 14.3. The molecule has 0 saturated heterocycles. The lowest BCUT2D eigenvalue weighted by atomic mass is 9.83. The van der Waals surface area contributed by atoms with Crippen molar-refractivity contribution in [2.24, 2.45) is 0 Å². The summed E-state index contributed by atoms with van der Waals surface area (Å²) in [5.74, 6) is -4.63. The Labute approximate surface area is 155 Å². The van der Waals surface area contributed by atoms with Gasteiger partial charge in [0, 0.05) is 29.8 Å². The molecule has 2 aliphatic rings. The number of aliphatic hydroxyl groups is 1. The minimum absolute atomic E-state index is 0.000685. The van der Waals surface area contributed by atoms with Gasteiger partial charge in [-0.25, -0.2) is 0 Å². The van der Waals surface area contributed by atoms with E-state index in [4.69, 9.17) is 10.5 Å². The molecule has 0 radical (unpaired) electrons. The van der Waals surface area contributed by atoms with Crippen molar-refractivity contribution in [2.45, 2.75) is 24.6 Å². The van der Waals surface area contributed by atoms with E-state index in [0.717, 1.165) is 25.1 Å². The third kappa shape index (κ3) is 2.21. The molecule has 2 aromatic rings. The van der Waals surface area contributed by atoms with E-state index >= 15 is 0 Å². The topological polar surface area (TPSA) is 111 Å². The van der Waals surface area contributed by atoms with Crippen molar-refractivity contribution in [1.29, 1.82) is 0 Å². The number of carbonyl (C=O) groups is 2. The summed E-state index contributed by atoms with van der Waals surface area (Å²) >= 11 is 0. The fraction of sp³-hybridized carbons (Fsp3) is 0.222. The second-order valence-corrected chi connectivity index (χ2v) is 6.48. The summed E-state index contributed by atoms with van der Waals surface area (Å²) < 4.78 is 46.9. The number of anilines is 1. The summed E-state index contributed by atoms with van der Waals surface area (Å²) in [6, 6.07) is 7.31. The third-order valence-electron chi connectivity index (χ3n) is 4.75. The number of rotatable bonds is 2.